The lowest BCUT2D eigenvalue weighted by Gasteiger charge is -2.04. The van der Waals surface area contributed by atoms with Crippen LogP contribution < -0.4 is 0 Å². The van der Waals surface area contributed by atoms with Gasteiger partial charge in [-0.25, -0.2) is 4.39 Å². The van der Waals surface area contributed by atoms with Crippen molar-refractivity contribution in [2.75, 3.05) is 0 Å². The fourth-order valence-corrected chi connectivity index (χ4v) is 2.41. The Morgan fingerprint density at radius 1 is 1.17 bits per heavy atom. The molecule has 0 aliphatic carbocycles. The monoisotopic (exact) mass is 258 g/mol. The lowest BCUT2D eigenvalue weighted by atomic mass is 10.2. The van der Waals surface area contributed by atoms with E-state index in [4.69, 9.17) is 12.2 Å². The first kappa shape index (κ1) is 11.2. The molecule has 0 amide bonds. The smallest absolute Gasteiger partial charge is 0.182 e. The Kier molecular flexibility index (Phi) is 2.52. The van der Waals surface area contributed by atoms with Crippen LogP contribution in [0.25, 0.3) is 16.7 Å². The van der Waals surface area contributed by atoms with Crippen molar-refractivity contribution in [3.05, 3.63) is 58.6 Å². The average molecular weight is 258 g/mol. The molecule has 0 bridgehead atoms. The van der Waals surface area contributed by atoms with E-state index in [1.165, 1.54) is 12.1 Å². The number of imidazole rings is 1. The van der Waals surface area contributed by atoms with E-state index in [9.17, 15) is 4.39 Å². The van der Waals surface area contributed by atoms with Crippen LogP contribution in [0.15, 0.2) is 42.5 Å². The van der Waals surface area contributed by atoms with Crippen LogP contribution in [0.5, 0.6) is 0 Å². The van der Waals surface area contributed by atoms with Crippen molar-refractivity contribution >= 4 is 23.3 Å². The molecule has 18 heavy (non-hydrogen) atoms. The summed E-state index contributed by atoms with van der Waals surface area (Å²) >= 11 is 5.31. The van der Waals surface area contributed by atoms with Crippen molar-refractivity contribution in [2.45, 2.75) is 6.92 Å². The summed E-state index contributed by atoms with van der Waals surface area (Å²) < 4.78 is 15.7. The quantitative estimate of drug-likeness (QED) is 0.651. The minimum absolute atomic E-state index is 0.268. The molecule has 0 aliphatic heterocycles. The predicted molar refractivity (Wildman–Crippen MR) is 73.2 cm³/mol. The van der Waals surface area contributed by atoms with Crippen LogP contribution in [0.3, 0.4) is 0 Å². The summed E-state index contributed by atoms with van der Waals surface area (Å²) in [6, 6.07) is 12.4. The Morgan fingerprint density at radius 2 is 2.00 bits per heavy atom. The number of benzene rings is 2. The highest BCUT2D eigenvalue weighted by Crippen LogP contribution is 2.20. The number of rotatable bonds is 1. The molecule has 0 saturated carbocycles. The van der Waals surface area contributed by atoms with Gasteiger partial charge >= 0.3 is 0 Å². The van der Waals surface area contributed by atoms with E-state index in [1.54, 1.807) is 6.07 Å². The van der Waals surface area contributed by atoms with Gasteiger partial charge in [0.2, 0.25) is 0 Å². The van der Waals surface area contributed by atoms with Gasteiger partial charge in [0.05, 0.1) is 16.7 Å². The van der Waals surface area contributed by atoms with Crippen LogP contribution >= 0.6 is 12.2 Å². The maximum Gasteiger partial charge on any atom is 0.182 e. The van der Waals surface area contributed by atoms with E-state index in [-0.39, 0.29) is 5.82 Å². The van der Waals surface area contributed by atoms with Gasteiger partial charge in [-0.3, -0.25) is 4.57 Å². The third kappa shape index (κ3) is 1.75. The van der Waals surface area contributed by atoms with Crippen LogP contribution in [0, 0.1) is 17.5 Å². The Morgan fingerprint density at radius 3 is 2.78 bits per heavy atom. The third-order valence-corrected chi connectivity index (χ3v) is 3.19. The standard InChI is InChI=1S/C14H11FN2S/c1-9-5-6-13-12(7-9)16-14(18)17(13)11-4-2-3-10(15)8-11/h2-8H,1H3,(H,16,18). The topological polar surface area (TPSA) is 20.7 Å². The molecular weight excluding hydrogens is 247 g/mol. The molecule has 0 spiro atoms. The average Bonchev–Trinajstić information content (AvgIpc) is 2.64. The van der Waals surface area contributed by atoms with Gasteiger partial charge in [-0.2, -0.15) is 0 Å². The molecule has 2 nitrogen and oxygen atoms in total. The molecular formula is C14H11FN2S. The zero-order chi connectivity index (χ0) is 12.7. The van der Waals surface area contributed by atoms with Gasteiger partial charge in [-0.15, -0.1) is 0 Å². The molecule has 3 aromatic rings. The number of aryl methyl sites for hydroxylation is 1. The molecule has 0 unspecified atom stereocenters. The number of hydrogen-bond donors (Lipinski definition) is 1. The number of nitrogens with zero attached hydrogens (tertiary/aromatic N) is 1. The maximum atomic E-state index is 13.3. The molecule has 90 valence electrons. The Bertz CT molecular complexity index is 786. The molecule has 2 aromatic carbocycles. The van der Waals surface area contributed by atoms with Crippen LogP contribution in [0.4, 0.5) is 4.39 Å². The second-order valence-electron chi connectivity index (χ2n) is 4.27. The van der Waals surface area contributed by atoms with Crippen molar-refractivity contribution in [2.24, 2.45) is 0 Å². The second kappa shape index (κ2) is 4.07. The minimum Gasteiger partial charge on any atom is -0.330 e. The van der Waals surface area contributed by atoms with Crippen LogP contribution in [-0.4, -0.2) is 9.55 Å². The normalized spacial score (nSPS) is 11.0. The SMILES string of the molecule is Cc1ccc2c(c1)[nH]c(=S)n2-c1cccc(F)c1. The minimum atomic E-state index is -0.268. The van der Waals surface area contributed by atoms with Crippen molar-refractivity contribution in [1.82, 2.24) is 9.55 Å². The summed E-state index contributed by atoms with van der Waals surface area (Å²) in [7, 11) is 0. The Labute approximate surface area is 109 Å². The fourth-order valence-electron chi connectivity index (χ4n) is 2.10. The molecule has 0 aliphatic rings. The summed E-state index contributed by atoms with van der Waals surface area (Å²) in [6.07, 6.45) is 0. The van der Waals surface area contributed by atoms with Crippen molar-refractivity contribution in [3.8, 4) is 5.69 Å². The highest BCUT2D eigenvalue weighted by molar-refractivity contribution is 7.71. The van der Waals surface area contributed by atoms with Gasteiger partial charge in [0.25, 0.3) is 0 Å². The predicted octanol–water partition coefficient (Wildman–Crippen LogP) is 4.14. The third-order valence-electron chi connectivity index (χ3n) is 2.90. The zero-order valence-electron chi connectivity index (χ0n) is 9.77. The molecule has 1 aromatic heterocycles. The summed E-state index contributed by atoms with van der Waals surface area (Å²) in [4.78, 5) is 3.14. The molecule has 4 heteroatoms. The van der Waals surface area contributed by atoms with E-state index in [1.807, 2.05) is 35.8 Å². The van der Waals surface area contributed by atoms with Gasteiger partial charge in [0.15, 0.2) is 4.77 Å². The molecule has 1 heterocycles. The van der Waals surface area contributed by atoms with Crippen molar-refractivity contribution in [1.29, 1.82) is 0 Å². The number of hydrogen-bond acceptors (Lipinski definition) is 1. The Balaban J connectivity index is 2.35. The number of aromatic amines is 1. The van der Waals surface area contributed by atoms with Crippen molar-refractivity contribution < 1.29 is 4.39 Å². The first-order valence-electron chi connectivity index (χ1n) is 5.62. The lowest BCUT2D eigenvalue weighted by Crippen LogP contribution is -1.94. The summed E-state index contributed by atoms with van der Waals surface area (Å²) in [5.41, 5.74) is 3.81. The van der Waals surface area contributed by atoms with Crippen LogP contribution in [0.1, 0.15) is 5.56 Å². The summed E-state index contributed by atoms with van der Waals surface area (Å²) in [6.45, 7) is 2.02. The molecule has 1 N–H and O–H groups in total. The van der Waals surface area contributed by atoms with Crippen molar-refractivity contribution in [3.63, 3.8) is 0 Å². The number of fused-ring (bicyclic) bond motifs is 1. The number of nitrogens with one attached hydrogen (secondary N) is 1. The fraction of sp³-hybridized carbons (Fsp3) is 0.0714. The molecule has 0 radical (unpaired) electrons. The van der Waals surface area contributed by atoms with Gasteiger partial charge in [-0.05, 0) is 55.0 Å². The largest absolute Gasteiger partial charge is 0.330 e. The Hall–Kier alpha value is -1.94. The molecule has 3 rings (SSSR count). The summed E-state index contributed by atoms with van der Waals surface area (Å²) in [5, 5.41) is 0. The van der Waals surface area contributed by atoms with E-state index in [0.29, 0.717) is 4.77 Å². The lowest BCUT2D eigenvalue weighted by molar-refractivity contribution is 0.626. The first-order chi connectivity index (χ1) is 8.65. The first-order valence-corrected chi connectivity index (χ1v) is 6.03. The molecule has 0 fully saturated rings. The van der Waals surface area contributed by atoms with Gasteiger partial charge in [0, 0.05) is 0 Å². The molecule has 0 saturated heterocycles. The van der Waals surface area contributed by atoms with Gasteiger partial charge < -0.3 is 4.98 Å². The molecule has 0 atom stereocenters. The van der Waals surface area contributed by atoms with Crippen LogP contribution in [-0.2, 0) is 0 Å². The van der Waals surface area contributed by atoms with Gasteiger partial charge in [0.1, 0.15) is 5.82 Å². The number of H-pyrrole nitrogens is 1. The van der Waals surface area contributed by atoms with E-state index in [0.717, 1.165) is 22.3 Å². The summed E-state index contributed by atoms with van der Waals surface area (Å²) in [5.74, 6) is -0.268. The highest BCUT2D eigenvalue weighted by Gasteiger charge is 2.06. The highest BCUT2D eigenvalue weighted by atomic mass is 32.1. The second-order valence-corrected chi connectivity index (χ2v) is 4.65. The van der Waals surface area contributed by atoms with E-state index < -0.39 is 0 Å². The maximum absolute atomic E-state index is 13.3. The number of halogens is 1. The van der Waals surface area contributed by atoms with E-state index in [2.05, 4.69) is 4.98 Å². The number of aromatic nitrogens is 2. The zero-order valence-corrected chi connectivity index (χ0v) is 10.6. The van der Waals surface area contributed by atoms with E-state index >= 15 is 0 Å². The van der Waals surface area contributed by atoms with Gasteiger partial charge in [-0.1, -0.05) is 12.1 Å². The van der Waals surface area contributed by atoms with Crippen LogP contribution in [0.2, 0.25) is 0 Å².